The molecule has 1 amide bonds. The molecule has 0 saturated heterocycles. The summed E-state index contributed by atoms with van der Waals surface area (Å²) in [5, 5.41) is 12.1. The van der Waals surface area contributed by atoms with Crippen LogP contribution in [0.1, 0.15) is 29.5 Å². The lowest BCUT2D eigenvalue weighted by molar-refractivity contribution is -0.117. The van der Waals surface area contributed by atoms with Crippen molar-refractivity contribution < 1.29 is 9.53 Å². The van der Waals surface area contributed by atoms with E-state index in [4.69, 9.17) is 10.5 Å². The van der Waals surface area contributed by atoms with Crippen molar-refractivity contribution in [1.29, 1.82) is 5.26 Å². The first-order valence-electron chi connectivity index (χ1n) is 9.31. The van der Waals surface area contributed by atoms with Gasteiger partial charge in [0.1, 0.15) is 11.6 Å². The molecule has 3 rings (SSSR count). The van der Waals surface area contributed by atoms with Crippen LogP contribution in [0.4, 0.5) is 5.69 Å². The Morgan fingerprint density at radius 1 is 1.27 bits per heavy atom. The molecule has 0 aromatic heterocycles. The van der Waals surface area contributed by atoms with Crippen molar-refractivity contribution in [2.45, 2.75) is 25.7 Å². The van der Waals surface area contributed by atoms with Gasteiger partial charge < -0.3 is 20.7 Å². The zero-order valence-electron chi connectivity index (χ0n) is 15.1. The van der Waals surface area contributed by atoms with Crippen LogP contribution < -0.4 is 16.0 Å². The molecule has 2 aliphatic heterocycles. The first-order valence-corrected chi connectivity index (χ1v) is 9.31. The average Bonchev–Trinajstić information content (AvgIpc) is 2.66. The number of nitrogens with one attached hydrogen (secondary N) is 1. The Labute approximate surface area is 154 Å². The molecule has 0 aliphatic carbocycles. The molecule has 0 atom stereocenters. The molecule has 1 aromatic rings. The standard InChI is InChI=1S/C20H26N4O2/c21-5-9-26-10-6-23-20(25)18(14-22)13-15-11-16-3-1-7-24-8-2-4-17(12-15)19(16)24/h11-13H,1-10,21H2,(H,23,25)/b18-13-. The van der Waals surface area contributed by atoms with Gasteiger partial charge in [0.2, 0.25) is 0 Å². The fourth-order valence-electron chi connectivity index (χ4n) is 3.75. The number of carbonyl (C=O) groups excluding carboxylic acids is 1. The molecule has 0 saturated carbocycles. The normalized spacial score (nSPS) is 16.0. The number of hydrogen-bond donors (Lipinski definition) is 2. The second kappa shape index (κ2) is 8.84. The summed E-state index contributed by atoms with van der Waals surface area (Å²) < 4.78 is 5.23. The monoisotopic (exact) mass is 354 g/mol. The highest BCUT2D eigenvalue weighted by Crippen LogP contribution is 2.36. The minimum atomic E-state index is -0.364. The van der Waals surface area contributed by atoms with Gasteiger partial charge in [-0.15, -0.1) is 0 Å². The highest BCUT2D eigenvalue weighted by molar-refractivity contribution is 6.01. The van der Waals surface area contributed by atoms with Gasteiger partial charge in [-0.3, -0.25) is 4.79 Å². The van der Waals surface area contributed by atoms with Crippen molar-refractivity contribution in [3.63, 3.8) is 0 Å². The summed E-state index contributed by atoms with van der Waals surface area (Å²) in [6.45, 7) is 3.93. The van der Waals surface area contributed by atoms with E-state index < -0.39 is 0 Å². The van der Waals surface area contributed by atoms with Gasteiger partial charge in [0.15, 0.2) is 0 Å². The molecule has 0 spiro atoms. The summed E-state index contributed by atoms with van der Waals surface area (Å²) >= 11 is 0. The quantitative estimate of drug-likeness (QED) is 0.439. The Balaban J connectivity index is 1.73. The molecule has 26 heavy (non-hydrogen) atoms. The Morgan fingerprint density at radius 3 is 2.58 bits per heavy atom. The molecule has 3 N–H and O–H groups in total. The van der Waals surface area contributed by atoms with E-state index in [0.717, 1.165) is 44.3 Å². The molecule has 0 radical (unpaired) electrons. The van der Waals surface area contributed by atoms with E-state index in [-0.39, 0.29) is 11.5 Å². The first-order chi connectivity index (χ1) is 12.7. The third-order valence-electron chi connectivity index (χ3n) is 4.82. The molecule has 0 fully saturated rings. The molecule has 138 valence electrons. The lowest BCUT2D eigenvalue weighted by atomic mass is 9.89. The van der Waals surface area contributed by atoms with Gasteiger partial charge in [-0.05, 0) is 60.6 Å². The van der Waals surface area contributed by atoms with Crippen LogP contribution in [-0.2, 0) is 22.4 Å². The molecule has 0 bridgehead atoms. The van der Waals surface area contributed by atoms with Crippen LogP contribution in [0.3, 0.4) is 0 Å². The molecule has 0 unspecified atom stereocenters. The van der Waals surface area contributed by atoms with Gasteiger partial charge >= 0.3 is 0 Å². The molecular weight excluding hydrogens is 328 g/mol. The van der Waals surface area contributed by atoms with Crippen LogP contribution in [0.5, 0.6) is 0 Å². The zero-order valence-corrected chi connectivity index (χ0v) is 15.1. The first kappa shape index (κ1) is 18.4. The molecule has 6 heteroatoms. The zero-order chi connectivity index (χ0) is 18.4. The lowest BCUT2D eigenvalue weighted by Gasteiger charge is -2.37. The number of ether oxygens (including phenoxy) is 1. The highest BCUT2D eigenvalue weighted by Gasteiger charge is 2.24. The van der Waals surface area contributed by atoms with Crippen LogP contribution >= 0.6 is 0 Å². The predicted octanol–water partition coefficient (Wildman–Crippen LogP) is 1.38. The largest absolute Gasteiger partial charge is 0.378 e. The molecular formula is C20H26N4O2. The van der Waals surface area contributed by atoms with Crippen LogP contribution in [0.25, 0.3) is 6.08 Å². The topological polar surface area (TPSA) is 91.4 Å². The van der Waals surface area contributed by atoms with Gasteiger partial charge in [-0.25, -0.2) is 0 Å². The fraction of sp³-hybridized carbons (Fsp3) is 0.500. The number of amides is 1. The van der Waals surface area contributed by atoms with Crippen molar-refractivity contribution in [3.8, 4) is 6.07 Å². The van der Waals surface area contributed by atoms with Gasteiger partial charge in [-0.1, -0.05) is 0 Å². The van der Waals surface area contributed by atoms with Crippen LogP contribution in [0.2, 0.25) is 0 Å². The maximum atomic E-state index is 12.2. The third-order valence-corrected chi connectivity index (χ3v) is 4.82. The number of nitrogens with two attached hydrogens (primary N) is 1. The van der Waals surface area contributed by atoms with Crippen molar-refractivity contribution >= 4 is 17.7 Å². The Kier molecular flexibility index (Phi) is 6.26. The van der Waals surface area contributed by atoms with Gasteiger partial charge in [0.25, 0.3) is 5.91 Å². The lowest BCUT2D eigenvalue weighted by Crippen LogP contribution is -2.34. The van der Waals surface area contributed by atoms with Gasteiger partial charge in [0, 0.05) is 31.9 Å². The number of benzene rings is 1. The Morgan fingerprint density at radius 2 is 1.96 bits per heavy atom. The van der Waals surface area contributed by atoms with E-state index in [1.54, 1.807) is 6.08 Å². The van der Waals surface area contributed by atoms with E-state index in [2.05, 4.69) is 22.3 Å². The minimum Gasteiger partial charge on any atom is -0.378 e. The Hall–Kier alpha value is -2.36. The van der Waals surface area contributed by atoms with E-state index in [9.17, 15) is 10.1 Å². The second-order valence-corrected chi connectivity index (χ2v) is 6.71. The summed E-state index contributed by atoms with van der Waals surface area (Å²) in [6, 6.07) is 6.28. The summed E-state index contributed by atoms with van der Waals surface area (Å²) in [7, 11) is 0. The number of hydrogen-bond acceptors (Lipinski definition) is 5. The summed E-state index contributed by atoms with van der Waals surface area (Å²) in [6.07, 6.45) is 6.14. The number of nitrogens with zero attached hydrogens (tertiary/aromatic N) is 2. The van der Waals surface area contributed by atoms with E-state index in [1.165, 1.54) is 16.8 Å². The summed E-state index contributed by atoms with van der Waals surface area (Å²) in [5.41, 5.74) is 10.5. The maximum absolute atomic E-state index is 12.2. The van der Waals surface area contributed by atoms with E-state index in [1.807, 2.05) is 6.07 Å². The fourth-order valence-corrected chi connectivity index (χ4v) is 3.75. The predicted molar refractivity (Wildman–Crippen MR) is 102 cm³/mol. The van der Waals surface area contributed by atoms with Crippen molar-refractivity contribution in [2.75, 3.05) is 44.3 Å². The third kappa shape index (κ3) is 4.24. The summed E-state index contributed by atoms with van der Waals surface area (Å²) in [4.78, 5) is 14.7. The number of aryl methyl sites for hydroxylation is 2. The Bertz CT molecular complexity index is 705. The number of rotatable bonds is 7. The smallest absolute Gasteiger partial charge is 0.262 e. The van der Waals surface area contributed by atoms with Gasteiger partial charge in [-0.2, -0.15) is 5.26 Å². The maximum Gasteiger partial charge on any atom is 0.262 e. The SMILES string of the molecule is N#C/C(=C/c1cc2c3c(c1)CCCN3CCC2)C(=O)NCCOCCN. The summed E-state index contributed by atoms with van der Waals surface area (Å²) in [5.74, 6) is -0.364. The molecule has 2 heterocycles. The van der Waals surface area contributed by atoms with Crippen molar-refractivity contribution in [3.05, 3.63) is 34.4 Å². The average molecular weight is 354 g/mol. The van der Waals surface area contributed by atoms with E-state index in [0.29, 0.717) is 26.3 Å². The minimum absolute atomic E-state index is 0.124. The molecule has 1 aromatic carbocycles. The molecule has 6 nitrogen and oxygen atoms in total. The second-order valence-electron chi connectivity index (χ2n) is 6.71. The van der Waals surface area contributed by atoms with Crippen LogP contribution in [0.15, 0.2) is 17.7 Å². The van der Waals surface area contributed by atoms with Crippen LogP contribution in [-0.4, -0.2) is 45.3 Å². The van der Waals surface area contributed by atoms with Crippen molar-refractivity contribution in [1.82, 2.24) is 5.32 Å². The van der Waals surface area contributed by atoms with Gasteiger partial charge in [0.05, 0.1) is 13.2 Å². The molecule has 2 aliphatic rings. The number of carbonyl (C=O) groups is 1. The number of nitriles is 1. The van der Waals surface area contributed by atoms with E-state index >= 15 is 0 Å². The van der Waals surface area contributed by atoms with Crippen LogP contribution in [0, 0.1) is 11.3 Å². The number of anilines is 1. The van der Waals surface area contributed by atoms with Crippen molar-refractivity contribution in [2.24, 2.45) is 5.73 Å². The highest BCUT2D eigenvalue weighted by atomic mass is 16.5.